The van der Waals surface area contributed by atoms with E-state index in [1.54, 1.807) is 0 Å². The first kappa shape index (κ1) is 27.7. The predicted octanol–water partition coefficient (Wildman–Crippen LogP) is 14.4. The number of thiophene rings is 1. The smallest absolute Gasteiger partial charge is 0.0468 e. The second-order valence-corrected chi connectivity index (χ2v) is 14.3. The molecule has 1 heterocycles. The summed E-state index contributed by atoms with van der Waals surface area (Å²) in [6.45, 7) is 0. The van der Waals surface area contributed by atoms with Crippen molar-refractivity contribution >= 4 is 113 Å². The molecular weight excluding hydrogens is 623 g/mol. The zero-order valence-corrected chi connectivity index (χ0v) is 27.9. The topological polar surface area (TPSA) is 3.24 Å². The van der Waals surface area contributed by atoms with Gasteiger partial charge in [-0.25, -0.2) is 0 Å². The Balaban J connectivity index is 1.23. The summed E-state index contributed by atoms with van der Waals surface area (Å²) in [5.41, 5.74) is 3.43. The number of hydrogen-bond donors (Lipinski definition) is 0. The summed E-state index contributed by atoms with van der Waals surface area (Å²) < 4.78 is 2.63. The lowest BCUT2D eigenvalue weighted by atomic mass is 9.93. The fraction of sp³-hybridized carbons (Fsp3) is 0. The van der Waals surface area contributed by atoms with E-state index in [1.165, 1.54) is 84.8 Å². The van der Waals surface area contributed by atoms with Gasteiger partial charge in [0.1, 0.15) is 0 Å². The van der Waals surface area contributed by atoms with E-state index in [4.69, 9.17) is 0 Å². The second kappa shape index (κ2) is 10.6. The summed E-state index contributed by atoms with van der Waals surface area (Å²) in [6, 6.07) is 65.2. The molecule has 0 spiro atoms. The van der Waals surface area contributed by atoms with Crippen LogP contribution < -0.4 is 4.90 Å². The molecule has 0 saturated heterocycles. The maximum absolute atomic E-state index is 2.46. The Morgan fingerprint density at radius 1 is 0.240 bits per heavy atom. The highest BCUT2D eigenvalue weighted by atomic mass is 32.1. The van der Waals surface area contributed by atoms with Crippen molar-refractivity contribution in [3.8, 4) is 0 Å². The molecule has 0 fully saturated rings. The summed E-state index contributed by atoms with van der Waals surface area (Å²) in [4.78, 5) is 2.46. The highest BCUT2D eigenvalue weighted by molar-refractivity contribution is 7.25. The Bertz CT molecular complexity index is 2940. The lowest BCUT2D eigenvalue weighted by Gasteiger charge is -2.27. The molecule has 0 amide bonds. The van der Waals surface area contributed by atoms with Gasteiger partial charge in [-0.1, -0.05) is 127 Å². The van der Waals surface area contributed by atoms with Crippen LogP contribution in [-0.4, -0.2) is 0 Å². The molecule has 11 aromatic rings. The molecule has 2 heteroatoms. The predicted molar refractivity (Wildman–Crippen MR) is 219 cm³/mol. The molecule has 0 aliphatic carbocycles. The molecule has 0 radical (unpaired) electrons. The molecule has 0 bridgehead atoms. The second-order valence-electron chi connectivity index (χ2n) is 13.3. The maximum Gasteiger partial charge on any atom is 0.0468 e. The fourth-order valence-electron chi connectivity index (χ4n) is 8.37. The zero-order chi connectivity index (χ0) is 32.8. The SMILES string of the molecule is c1ccc2c(c1)sc1ccc(N(c3ccc4c5ccccc5c5ccccc5c4c3)c3ccc4c5ccccc5c5ccccc5c4c3)cc12. The fourth-order valence-corrected chi connectivity index (χ4v) is 9.46. The molecule has 1 nitrogen and oxygen atoms in total. The van der Waals surface area contributed by atoms with Gasteiger partial charge in [0.2, 0.25) is 0 Å². The maximum atomic E-state index is 2.46. The van der Waals surface area contributed by atoms with Gasteiger partial charge in [-0.2, -0.15) is 0 Å². The van der Waals surface area contributed by atoms with Crippen molar-refractivity contribution in [1.29, 1.82) is 0 Å². The molecule has 50 heavy (non-hydrogen) atoms. The summed E-state index contributed by atoms with van der Waals surface area (Å²) in [6.07, 6.45) is 0. The molecule has 0 saturated carbocycles. The first-order valence-corrected chi connectivity index (χ1v) is 18.0. The zero-order valence-electron chi connectivity index (χ0n) is 27.1. The normalized spacial score (nSPS) is 12.0. The van der Waals surface area contributed by atoms with Gasteiger partial charge in [0, 0.05) is 37.2 Å². The van der Waals surface area contributed by atoms with E-state index in [9.17, 15) is 0 Å². The number of anilines is 3. The van der Waals surface area contributed by atoms with E-state index >= 15 is 0 Å². The number of rotatable bonds is 3. The van der Waals surface area contributed by atoms with Crippen LogP contribution in [0.3, 0.4) is 0 Å². The number of hydrogen-bond acceptors (Lipinski definition) is 2. The molecule has 10 aromatic carbocycles. The van der Waals surface area contributed by atoms with E-state index in [0.717, 1.165) is 17.1 Å². The van der Waals surface area contributed by atoms with Gasteiger partial charge >= 0.3 is 0 Å². The minimum atomic E-state index is 1.14. The van der Waals surface area contributed by atoms with Gasteiger partial charge < -0.3 is 4.90 Å². The Morgan fingerprint density at radius 3 is 0.980 bits per heavy atom. The van der Waals surface area contributed by atoms with Gasteiger partial charge in [0.15, 0.2) is 0 Å². The Hall–Kier alpha value is -6.22. The molecule has 0 unspecified atom stereocenters. The molecule has 0 N–H and O–H groups in total. The van der Waals surface area contributed by atoms with Crippen molar-refractivity contribution in [2.24, 2.45) is 0 Å². The molecule has 1 aromatic heterocycles. The number of fused-ring (bicyclic) bond motifs is 15. The third kappa shape index (κ3) is 4.00. The summed E-state index contributed by atoms with van der Waals surface area (Å²) in [7, 11) is 0. The first-order valence-electron chi connectivity index (χ1n) is 17.2. The molecule has 232 valence electrons. The van der Waals surface area contributed by atoms with Crippen molar-refractivity contribution in [3.05, 3.63) is 176 Å². The summed E-state index contributed by atoms with van der Waals surface area (Å²) in [5.74, 6) is 0. The van der Waals surface area contributed by atoms with Gasteiger partial charge in [-0.05, 0) is 113 Å². The van der Waals surface area contributed by atoms with E-state index in [1.807, 2.05) is 11.3 Å². The van der Waals surface area contributed by atoms with E-state index in [0.29, 0.717) is 0 Å². The molecule has 0 atom stereocenters. The number of nitrogens with zero attached hydrogens (tertiary/aromatic N) is 1. The minimum absolute atomic E-state index is 1.14. The highest BCUT2D eigenvalue weighted by Crippen LogP contribution is 2.45. The Morgan fingerprint density at radius 2 is 0.540 bits per heavy atom. The minimum Gasteiger partial charge on any atom is -0.310 e. The Labute approximate surface area is 292 Å². The average Bonchev–Trinajstić information content (AvgIpc) is 3.56. The van der Waals surface area contributed by atoms with Crippen LogP contribution in [0.1, 0.15) is 0 Å². The monoisotopic (exact) mass is 651 g/mol. The van der Waals surface area contributed by atoms with Crippen molar-refractivity contribution in [2.75, 3.05) is 4.90 Å². The van der Waals surface area contributed by atoms with Gasteiger partial charge in [0.25, 0.3) is 0 Å². The van der Waals surface area contributed by atoms with Crippen LogP contribution in [0.15, 0.2) is 176 Å². The lowest BCUT2D eigenvalue weighted by molar-refractivity contribution is 1.30. The van der Waals surface area contributed by atoms with E-state index in [-0.39, 0.29) is 0 Å². The molecule has 0 aliphatic heterocycles. The van der Waals surface area contributed by atoms with Gasteiger partial charge in [-0.15, -0.1) is 11.3 Å². The Kier molecular flexibility index (Phi) is 5.89. The summed E-state index contributed by atoms with van der Waals surface area (Å²) >= 11 is 1.86. The van der Waals surface area contributed by atoms with E-state index < -0.39 is 0 Å². The van der Waals surface area contributed by atoms with Crippen LogP contribution in [0.4, 0.5) is 17.1 Å². The van der Waals surface area contributed by atoms with Crippen molar-refractivity contribution < 1.29 is 0 Å². The van der Waals surface area contributed by atoms with Crippen LogP contribution in [-0.2, 0) is 0 Å². The highest BCUT2D eigenvalue weighted by Gasteiger charge is 2.19. The standard InChI is InChI=1S/C48H29NS/c1-3-15-37-33(11-1)35-13-5-7-17-39(35)44-27-30(21-24-41(37)44)49(32-23-26-48-46(29-32)43-19-9-10-20-47(43)50-48)31-22-25-42-38-16-4-2-12-34(38)36-14-6-8-18-40(36)45(42)28-31/h1-29H. The largest absolute Gasteiger partial charge is 0.310 e. The molecule has 11 rings (SSSR count). The first-order chi connectivity index (χ1) is 24.8. The van der Waals surface area contributed by atoms with Crippen molar-refractivity contribution in [3.63, 3.8) is 0 Å². The molecule has 0 aliphatic rings. The van der Waals surface area contributed by atoms with Crippen molar-refractivity contribution in [2.45, 2.75) is 0 Å². The van der Waals surface area contributed by atoms with Crippen LogP contribution in [0.25, 0.3) is 84.8 Å². The van der Waals surface area contributed by atoms with Gasteiger partial charge in [-0.3, -0.25) is 0 Å². The van der Waals surface area contributed by atoms with Crippen LogP contribution >= 0.6 is 11.3 Å². The third-order valence-electron chi connectivity index (χ3n) is 10.6. The van der Waals surface area contributed by atoms with Crippen LogP contribution in [0.2, 0.25) is 0 Å². The third-order valence-corrected chi connectivity index (χ3v) is 11.7. The van der Waals surface area contributed by atoms with Crippen molar-refractivity contribution in [1.82, 2.24) is 0 Å². The van der Waals surface area contributed by atoms with Crippen LogP contribution in [0.5, 0.6) is 0 Å². The molecular formula is C48H29NS. The van der Waals surface area contributed by atoms with Crippen LogP contribution in [0, 0.1) is 0 Å². The summed E-state index contributed by atoms with van der Waals surface area (Å²) in [5, 5.41) is 18.0. The lowest BCUT2D eigenvalue weighted by Crippen LogP contribution is -2.10. The quantitative estimate of drug-likeness (QED) is 0.172. The van der Waals surface area contributed by atoms with E-state index in [2.05, 4.69) is 181 Å². The number of benzene rings is 10. The van der Waals surface area contributed by atoms with Gasteiger partial charge in [0.05, 0.1) is 0 Å². The average molecular weight is 652 g/mol.